The molecule has 0 radical (unpaired) electrons. The number of ether oxygens (including phenoxy) is 3. The van der Waals surface area contributed by atoms with Gasteiger partial charge in [-0.3, -0.25) is 23.6 Å². The first-order chi connectivity index (χ1) is 40.7. The Balaban J connectivity index is 0.885. The van der Waals surface area contributed by atoms with Crippen molar-refractivity contribution in [1.82, 2.24) is 19.9 Å². The highest BCUT2D eigenvalue weighted by Gasteiger charge is 2.46. The van der Waals surface area contributed by atoms with Crippen LogP contribution in [0.25, 0.3) is 11.0 Å². The molecule has 2 aromatic carbocycles. The van der Waals surface area contributed by atoms with Crippen LogP contribution in [0.1, 0.15) is 103 Å². The third-order valence-electron chi connectivity index (χ3n) is 14.3. The number of hydrogen-bond donors (Lipinski definition) is 9. The van der Waals surface area contributed by atoms with Gasteiger partial charge in [-0.15, -0.1) is 19.2 Å². The lowest BCUT2D eigenvalue weighted by Crippen LogP contribution is -2.35. The van der Waals surface area contributed by atoms with Gasteiger partial charge in [-0.25, -0.2) is 13.7 Å². The summed E-state index contributed by atoms with van der Waals surface area (Å²) in [4.78, 5) is 73.4. The van der Waals surface area contributed by atoms with Crippen LogP contribution in [0.5, 0.6) is 0 Å². The van der Waals surface area contributed by atoms with E-state index in [9.17, 15) is 46.0 Å². The van der Waals surface area contributed by atoms with Crippen LogP contribution in [0.4, 0.5) is 17.3 Å². The summed E-state index contributed by atoms with van der Waals surface area (Å²) in [5.41, 5.74) is 11.0. The van der Waals surface area contributed by atoms with Gasteiger partial charge < -0.3 is 54.3 Å². The van der Waals surface area contributed by atoms with Crippen molar-refractivity contribution in [2.75, 3.05) is 56.0 Å². The molecule has 9 N–H and O–H groups in total. The summed E-state index contributed by atoms with van der Waals surface area (Å²) in [7, 11) is -18.4. The second kappa shape index (κ2) is 28.7. The van der Waals surface area contributed by atoms with Crippen LogP contribution in [0.15, 0.2) is 106 Å². The second-order valence-corrected chi connectivity index (χ2v) is 31.3. The van der Waals surface area contributed by atoms with Gasteiger partial charge in [-0.1, -0.05) is 71.6 Å². The number of phosphoric ester groups is 1. The third-order valence-corrected chi connectivity index (χ3v) is 22.2. The van der Waals surface area contributed by atoms with Crippen LogP contribution in [-0.4, -0.2) is 126 Å². The standard InChI is InChI=1S/C55H72N7O18P3S4/c1-9-27-76-43-31-48(78-44(43)33-77-82(68,69)80-83(70,71)79-81(65,66)67)62-32-36(49-50(62)58-52(56)59-51(49)64)18-17-28-75-35-85-86-53(3,4)34-57-47(63)21-15-12-16-26-61-42-25-23-38(87(72,73)74)30-40(42)55(7,8)46(61)20-14-11-13-19-45-54(5,6)39-29-37(84)22-24-41(39)60(45)10-2/h9,11,13-14,19-20,22-25,29-30,32,43-44,48H,1,10,12,15-16,21,26-28,31,33-35H2,2-8H3,(H9-,56,57,58,59,63,64,65,66,67,68,69,70,71,72,73,74,84)/p+1/t43?,44-,48-/m1/s1. The number of nitrogens with zero attached hydrogens (tertiary/aromatic N) is 4. The molecule has 3 unspecified atom stereocenters. The number of unbranched alkanes of at least 4 members (excludes halogenated alkanes) is 2. The Labute approximate surface area is 518 Å². The summed E-state index contributed by atoms with van der Waals surface area (Å²) in [5.74, 6) is 5.75. The number of hydrogen-bond acceptors (Lipinski definition) is 19. The molecule has 1 saturated heterocycles. The molecule has 0 saturated carbocycles. The highest BCUT2D eigenvalue weighted by atomic mass is 33.1. The van der Waals surface area contributed by atoms with Crippen molar-refractivity contribution in [1.29, 1.82) is 0 Å². The Kier molecular flexibility index (Phi) is 23.0. The van der Waals surface area contributed by atoms with Crippen molar-refractivity contribution in [3.8, 4) is 11.8 Å². The zero-order chi connectivity index (χ0) is 63.9. The van der Waals surface area contributed by atoms with Crippen LogP contribution in [0.2, 0.25) is 0 Å². The molecule has 0 aliphatic carbocycles. The molecule has 25 nitrogen and oxygen atoms in total. The number of phosphoric acid groups is 3. The van der Waals surface area contributed by atoms with Gasteiger partial charge in [-0.05, 0) is 89.4 Å². The molecule has 1 fully saturated rings. The maximum atomic E-state index is 13.2. The lowest BCUT2D eigenvalue weighted by Gasteiger charge is -2.25. The van der Waals surface area contributed by atoms with Crippen molar-refractivity contribution in [3.63, 3.8) is 0 Å². The van der Waals surface area contributed by atoms with Crippen molar-refractivity contribution in [3.05, 3.63) is 118 Å². The van der Waals surface area contributed by atoms with Crippen molar-refractivity contribution in [2.45, 2.75) is 124 Å². The summed E-state index contributed by atoms with van der Waals surface area (Å²) in [6.07, 6.45) is 12.6. The highest BCUT2D eigenvalue weighted by molar-refractivity contribution is 8.77. The summed E-state index contributed by atoms with van der Waals surface area (Å²) in [5, 5.41) is 3.11. The number of nitrogen functional groups attached to an aromatic ring is 1. The predicted molar refractivity (Wildman–Crippen MR) is 337 cm³/mol. The van der Waals surface area contributed by atoms with Gasteiger partial charge in [0.2, 0.25) is 17.5 Å². The van der Waals surface area contributed by atoms with Crippen LogP contribution in [-0.2, 0) is 66.8 Å². The fourth-order valence-electron chi connectivity index (χ4n) is 10.4. The zero-order valence-electron chi connectivity index (χ0n) is 48.9. The largest absolute Gasteiger partial charge is 0.490 e. The van der Waals surface area contributed by atoms with E-state index >= 15 is 0 Å². The van der Waals surface area contributed by atoms with Crippen LogP contribution in [0, 0.1) is 11.8 Å². The molecule has 0 spiro atoms. The van der Waals surface area contributed by atoms with E-state index in [4.69, 9.17) is 34.3 Å². The van der Waals surface area contributed by atoms with Crippen LogP contribution in [0.3, 0.4) is 0 Å². The number of likely N-dealkylation sites (N-methyl/N-ethyl adjacent to an activating group) is 1. The summed E-state index contributed by atoms with van der Waals surface area (Å²) >= 11 is 4.60. The fourth-order valence-corrected chi connectivity index (χ4v) is 16.2. The summed E-state index contributed by atoms with van der Waals surface area (Å²) in [6.45, 7) is 19.2. The maximum absolute atomic E-state index is 13.2. The van der Waals surface area contributed by atoms with Crippen LogP contribution >= 0.6 is 57.7 Å². The van der Waals surface area contributed by atoms with Crippen LogP contribution < -0.4 is 21.5 Å². The summed E-state index contributed by atoms with van der Waals surface area (Å²) in [6, 6.07) is 11.0. The lowest BCUT2D eigenvalue weighted by molar-refractivity contribution is -0.438. The molecule has 0 bridgehead atoms. The number of thiol groups is 1. The van der Waals surface area contributed by atoms with E-state index in [1.165, 1.54) is 61.4 Å². The highest BCUT2D eigenvalue weighted by Crippen LogP contribution is 2.66. The first kappa shape index (κ1) is 69.8. The van der Waals surface area contributed by atoms with E-state index in [1.54, 1.807) is 12.1 Å². The number of nitrogens with two attached hydrogens (primary N) is 1. The van der Waals surface area contributed by atoms with Gasteiger partial charge in [0.05, 0.1) is 40.6 Å². The van der Waals surface area contributed by atoms with E-state index in [0.717, 1.165) is 41.2 Å². The Morgan fingerprint density at radius 1 is 1.05 bits per heavy atom. The van der Waals surface area contributed by atoms with Crippen molar-refractivity contribution in [2.24, 2.45) is 0 Å². The molecular formula is C55H73N7O18P3S4+. The Morgan fingerprint density at radius 2 is 1.79 bits per heavy atom. The van der Waals surface area contributed by atoms with Crippen molar-refractivity contribution < 1.29 is 83.0 Å². The lowest BCUT2D eigenvalue weighted by atomic mass is 9.81. The van der Waals surface area contributed by atoms with Gasteiger partial charge in [0.15, 0.2) is 11.4 Å². The molecule has 5 heterocycles. The second-order valence-electron chi connectivity index (χ2n) is 22.0. The number of amides is 1. The normalized spacial score (nSPS) is 20.3. The molecule has 87 heavy (non-hydrogen) atoms. The number of carbonyl (C=O) groups is 1. The number of allylic oxidation sites excluding steroid dienone is 6. The van der Waals surface area contributed by atoms with Gasteiger partial charge in [0.1, 0.15) is 31.4 Å². The number of aromatic amines is 1. The smallest absolute Gasteiger partial charge is 0.371 e. The molecule has 32 heteroatoms. The number of nitrogens with one attached hydrogen (secondary N) is 2. The van der Waals surface area contributed by atoms with E-state index in [1.807, 2.05) is 58.1 Å². The monoisotopic (exact) mass is 1340 g/mol. The first-order valence-corrected chi connectivity index (χ1v) is 36.0. The van der Waals surface area contributed by atoms with E-state index in [2.05, 4.69) is 103 Å². The Morgan fingerprint density at radius 3 is 2.49 bits per heavy atom. The molecule has 1 amide bonds. The van der Waals surface area contributed by atoms with Gasteiger partial charge >= 0.3 is 23.5 Å². The van der Waals surface area contributed by atoms with Gasteiger partial charge in [0, 0.05) is 82.7 Å². The van der Waals surface area contributed by atoms with E-state index < -0.39 is 69.6 Å². The topological polar surface area (TPSA) is 354 Å². The molecular weight excluding hydrogens is 1270 g/mol. The number of H-pyrrole nitrogens is 1. The minimum absolute atomic E-state index is 0.00842. The minimum Gasteiger partial charge on any atom is -0.371 e. The van der Waals surface area contributed by atoms with Gasteiger partial charge in [0.25, 0.3) is 15.7 Å². The predicted octanol–water partition coefficient (Wildman–Crippen LogP) is 9.10. The average molecular weight is 1340 g/mol. The van der Waals surface area contributed by atoms with Gasteiger partial charge in [-0.2, -0.15) is 26.6 Å². The van der Waals surface area contributed by atoms with E-state index in [0.29, 0.717) is 25.9 Å². The number of benzene rings is 2. The molecule has 7 rings (SSSR count). The number of anilines is 2. The molecule has 2 aromatic heterocycles. The fraction of sp³-hybridized carbons (Fsp3) is 0.455. The molecule has 3 aliphatic rings. The molecule has 4 aromatic rings. The third kappa shape index (κ3) is 18.1. The Hall–Kier alpha value is -4.63. The zero-order valence-corrected chi connectivity index (χ0v) is 54.9. The minimum atomic E-state index is -5.78. The Bertz CT molecular complexity index is 3770. The number of fused-ring (bicyclic) bond motifs is 3. The van der Waals surface area contributed by atoms with Crippen molar-refractivity contribution >= 4 is 108 Å². The number of rotatable bonds is 29. The van der Waals surface area contributed by atoms with E-state index in [-0.39, 0.29) is 69.1 Å². The summed E-state index contributed by atoms with van der Waals surface area (Å²) < 4.78 is 103. The maximum Gasteiger partial charge on any atom is 0.490 e. The quantitative estimate of drug-likeness (QED) is 0.00234. The molecule has 5 atom stereocenters. The number of carbonyl (C=O) groups excluding carboxylic acids is 1. The average Bonchev–Trinajstić information content (AvgIpc) is 1.63. The first-order valence-electron chi connectivity index (χ1n) is 27.3. The molecule has 474 valence electrons. The number of aromatic nitrogens is 3. The molecule has 3 aliphatic heterocycles. The SMILES string of the molecule is C=CCOC1C[C@H](n2cc(C#CCOCSSC(C)(C)CNC(=O)CCCCC[N+]3=C(/C=C/C=C/C=C4/N(CC)c5ccc(S)cc5C4(C)C)C(C)(C)c4cc(S(=O)(=O)O)ccc43)c3c(=O)[nH]c(N)nc32)O[C@@H]1COP(=O)(O)OP(=O)(O)OP(=O)(O)O.